The van der Waals surface area contributed by atoms with Crippen LogP contribution in [0.15, 0.2) is 18.2 Å². The predicted molar refractivity (Wildman–Crippen MR) is 58.5 cm³/mol. The molecule has 0 bridgehead atoms. The van der Waals surface area contributed by atoms with Crippen molar-refractivity contribution in [3.05, 3.63) is 28.8 Å². The monoisotopic (exact) mass is 223 g/mol. The molecule has 0 saturated heterocycles. The van der Waals surface area contributed by atoms with Crippen LogP contribution in [0.25, 0.3) is 0 Å². The summed E-state index contributed by atoms with van der Waals surface area (Å²) in [6.07, 6.45) is 0.220. The summed E-state index contributed by atoms with van der Waals surface area (Å²) in [5, 5.41) is 11.8. The van der Waals surface area contributed by atoms with Crippen LogP contribution in [0.4, 0.5) is 5.69 Å². The molecule has 0 aliphatic heterocycles. The molecule has 0 saturated carbocycles. The van der Waals surface area contributed by atoms with Crippen LogP contribution in [0.3, 0.4) is 0 Å². The number of carbonyl (C=O) groups excluding carboxylic acids is 1. The summed E-state index contributed by atoms with van der Waals surface area (Å²) in [7, 11) is 0. The second-order valence-electron chi connectivity index (χ2n) is 2.89. The first-order chi connectivity index (χ1) is 7.17. The van der Waals surface area contributed by atoms with E-state index in [2.05, 4.69) is 5.32 Å². The molecule has 0 aliphatic rings. The molecule has 4 nitrogen and oxygen atoms in total. The van der Waals surface area contributed by atoms with Crippen LogP contribution < -0.4 is 11.1 Å². The number of rotatable bonds is 3. The topological polar surface area (TPSA) is 78.9 Å². The molecule has 0 aliphatic carbocycles. The SMILES string of the molecule is N#Cc1ccc(Cl)cc1NC(=O)CCN. The average Bonchev–Trinajstić information content (AvgIpc) is 2.18. The number of hydrogen-bond donors (Lipinski definition) is 2. The van der Waals surface area contributed by atoms with E-state index in [4.69, 9.17) is 22.6 Å². The first kappa shape index (κ1) is 11.5. The summed E-state index contributed by atoms with van der Waals surface area (Å²) in [5.74, 6) is -0.226. The molecule has 0 aromatic heterocycles. The summed E-state index contributed by atoms with van der Waals surface area (Å²) in [4.78, 5) is 11.2. The van der Waals surface area contributed by atoms with Crippen LogP contribution in [0.1, 0.15) is 12.0 Å². The van der Waals surface area contributed by atoms with E-state index in [-0.39, 0.29) is 18.9 Å². The highest BCUT2D eigenvalue weighted by atomic mass is 35.5. The van der Waals surface area contributed by atoms with Crippen LogP contribution >= 0.6 is 11.6 Å². The number of carbonyl (C=O) groups is 1. The van der Waals surface area contributed by atoms with Gasteiger partial charge >= 0.3 is 0 Å². The van der Waals surface area contributed by atoms with Gasteiger partial charge in [-0.15, -0.1) is 0 Å². The molecule has 0 fully saturated rings. The summed E-state index contributed by atoms with van der Waals surface area (Å²) in [6, 6.07) is 6.65. The lowest BCUT2D eigenvalue weighted by atomic mass is 10.2. The highest BCUT2D eigenvalue weighted by Gasteiger charge is 2.06. The minimum absolute atomic E-state index is 0.220. The highest BCUT2D eigenvalue weighted by Crippen LogP contribution is 2.20. The van der Waals surface area contributed by atoms with Gasteiger partial charge in [0.15, 0.2) is 0 Å². The number of amides is 1. The number of nitrogens with two attached hydrogens (primary N) is 1. The Labute approximate surface area is 92.6 Å². The van der Waals surface area contributed by atoms with Gasteiger partial charge in [-0.05, 0) is 18.2 Å². The molecule has 1 aromatic carbocycles. The standard InChI is InChI=1S/C10H10ClN3O/c11-8-2-1-7(6-13)9(5-8)14-10(15)3-4-12/h1-2,5H,3-4,12H2,(H,14,15). The fourth-order valence-corrected chi connectivity index (χ4v) is 1.23. The van der Waals surface area contributed by atoms with Crippen molar-refractivity contribution in [2.75, 3.05) is 11.9 Å². The molecule has 0 heterocycles. The number of hydrogen-bond acceptors (Lipinski definition) is 3. The van der Waals surface area contributed by atoms with Gasteiger partial charge in [-0.25, -0.2) is 0 Å². The molecule has 0 unspecified atom stereocenters. The van der Waals surface area contributed by atoms with Gasteiger partial charge in [0.25, 0.3) is 0 Å². The fraction of sp³-hybridized carbons (Fsp3) is 0.200. The second-order valence-corrected chi connectivity index (χ2v) is 3.32. The van der Waals surface area contributed by atoms with Crippen LogP contribution in [0, 0.1) is 11.3 Å². The molecular weight excluding hydrogens is 214 g/mol. The molecule has 1 aromatic rings. The van der Waals surface area contributed by atoms with Gasteiger partial charge in [-0.1, -0.05) is 11.6 Å². The molecule has 0 atom stereocenters. The molecule has 3 N–H and O–H groups in total. The third-order valence-electron chi connectivity index (χ3n) is 1.75. The zero-order valence-electron chi connectivity index (χ0n) is 7.96. The number of halogens is 1. The van der Waals surface area contributed by atoms with Crippen molar-refractivity contribution < 1.29 is 4.79 Å². The van der Waals surface area contributed by atoms with E-state index >= 15 is 0 Å². The highest BCUT2D eigenvalue weighted by molar-refractivity contribution is 6.31. The minimum atomic E-state index is -0.226. The third-order valence-corrected chi connectivity index (χ3v) is 1.98. The van der Waals surface area contributed by atoms with Gasteiger partial charge in [0, 0.05) is 18.0 Å². The number of anilines is 1. The Bertz CT molecular complexity index is 412. The maximum atomic E-state index is 11.2. The average molecular weight is 224 g/mol. The number of nitrogens with zero attached hydrogens (tertiary/aromatic N) is 1. The van der Waals surface area contributed by atoms with E-state index in [1.165, 1.54) is 6.07 Å². The van der Waals surface area contributed by atoms with E-state index in [1.54, 1.807) is 12.1 Å². The van der Waals surface area contributed by atoms with E-state index in [1.807, 2.05) is 6.07 Å². The quantitative estimate of drug-likeness (QED) is 0.815. The fourth-order valence-electron chi connectivity index (χ4n) is 1.06. The van der Waals surface area contributed by atoms with E-state index in [0.717, 1.165) is 0 Å². The zero-order valence-corrected chi connectivity index (χ0v) is 8.71. The van der Waals surface area contributed by atoms with E-state index in [9.17, 15) is 4.79 Å². The summed E-state index contributed by atoms with van der Waals surface area (Å²) >= 11 is 5.75. The molecule has 5 heteroatoms. The molecule has 0 spiro atoms. The molecule has 15 heavy (non-hydrogen) atoms. The smallest absolute Gasteiger partial charge is 0.225 e. The van der Waals surface area contributed by atoms with Crippen molar-refractivity contribution in [1.29, 1.82) is 5.26 Å². The minimum Gasteiger partial charge on any atom is -0.330 e. The van der Waals surface area contributed by atoms with Crippen molar-refractivity contribution in [2.45, 2.75) is 6.42 Å². The normalized spacial score (nSPS) is 9.40. The molecule has 1 rings (SSSR count). The van der Waals surface area contributed by atoms with Gasteiger partial charge in [-0.3, -0.25) is 4.79 Å². The second kappa shape index (κ2) is 5.35. The van der Waals surface area contributed by atoms with E-state index in [0.29, 0.717) is 16.3 Å². The van der Waals surface area contributed by atoms with Gasteiger partial charge in [0.05, 0.1) is 11.3 Å². The Morgan fingerprint density at radius 3 is 2.93 bits per heavy atom. The van der Waals surface area contributed by atoms with Gasteiger partial charge < -0.3 is 11.1 Å². The lowest BCUT2D eigenvalue weighted by Crippen LogP contribution is -2.16. The van der Waals surface area contributed by atoms with Crippen molar-refractivity contribution in [2.24, 2.45) is 5.73 Å². The maximum absolute atomic E-state index is 11.2. The first-order valence-electron chi connectivity index (χ1n) is 4.37. The van der Waals surface area contributed by atoms with Gasteiger partial charge in [0.1, 0.15) is 6.07 Å². The Kier molecular flexibility index (Phi) is 4.10. The Hall–Kier alpha value is -1.57. The van der Waals surface area contributed by atoms with Crippen molar-refractivity contribution in [1.82, 2.24) is 0 Å². The summed E-state index contributed by atoms with van der Waals surface area (Å²) < 4.78 is 0. The molecule has 78 valence electrons. The van der Waals surface area contributed by atoms with Crippen molar-refractivity contribution in [3.8, 4) is 6.07 Å². The van der Waals surface area contributed by atoms with Crippen LogP contribution in [0.2, 0.25) is 5.02 Å². The van der Waals surface area contributed by atoms with Crippen molar-refractivity contribution in [3.63, 3.8) is 0 Å². The molecular formula is C10H10ClN3O. The zero-order chi connectivity index (χ0) is 11.3. The van der Waals surface area contributed by atoms with Gasteiger partial charge in [-0.2, -0.15) is 5.26 Å². The molecule has 0 radical (unpaired) electrons. The van der Waals surface area contributed by atoms with Crippen LogP contribution in [0.5, 0.6) is 0 Å². The van der Waals surface area contributed by atoms with Gasteiger partial charge in [0.2, 0.25) is 5.91 Å². The number of nitrogens with one attached hydrogen (secondary N) is 1. The van der Waals surface area contributed by atoms with E-state index < -0.39 is 0 Å². The largest absolute Gasteiger partial charge is 0.330 e. The Morgan fingerprint density at radius 2 is 2.33 bits per heavy atom. The Balaban J connectivity index is 2.88. The third kappa shape index (κ3) is 3.24. The predicted octanol–water partition coefficient (Wildman–Crippen LogP) is 1.50. The van der Waals surface area contributed by atoms with Crippen molar-refractivity contribution >= 4 is 23.2 Å². The van der Waals surface area contributed by atoms with Crippen LogP contribution in [-0.4, -0.2) is 12.5 Å². The Morgan fingerprint density at radius 1 is 1.60 bits per heavy atom. The summed E-state index contributed by atoms with van der Waals surface area (Å²) in [6.45, 7) is 0.272. The number of benzene rings is 1. The first-order valence-corrected chi connectivity index (χ1v) is 4.74. The van der Waals surface area contributed by atoms with Crippen LogP contribution in [-0.2, 0) is 4.79 Å². The lowest BCUT2D eigenvalue weighted by molar-refractivity contribution is -0.116. The molecule has 1 amide bonds. The lowest BCUT2D eigenvalue weighted by Gasteiger charge is -2.06. The maximum Gasteiger partial charge on any atom is 0.225 e. The number of nitriles is 1. The summed E-state index contributed by atoms with van der Waals surface area (Å²) in [5.41, 5.74) is 6.03.